The number of alkyl halides is 3. The van der Waals surface area contributed by atoms with Gasteiger partial charge in [-0.15, -0.1) is 0 Å². The Bertz CT molecular complexity index is 275. The summed E-state index contributed by atoms with van der Waals surface area (Å²) in [4.78, 5) is 0. The first kappa shape index (κ1) is 19.0. The van der Waals surface area contributed by atoms with Crippen molar-refractivity contribution in [3.8, 4) is 0 Å². The molecule has 1 N–H and O–H groups in total. The molecule has 4 nitrogen and oxygen atoms in total. The average molecular weight is 342 g/mol. The Labute approximate surface area is 123 Å². The van der Waals surface area contributed by atoms with Crippen molar-refractivity contribution >= 4 is 42.4 Å². The van der Waals surface area contributed by atoms with Crippen molar-refractivity contribution in [3.05, 3.63) is 0 Å². The first-order valence-electron chi connectivity index (χ1n) is 5.62. The van der Waals surface area contributed by atoms with Gasteiger partial charge in [0.1, 0.15) is 0 Å². The van der Waals surface area contributed by atoms with Gasteiger partial charge in [-0.2, -0.15) is 0 Å². The average Bonchev–Trinajstić information content (AvgIpc) is 2.21. The zero-order valence-corrected chi connectivity index (χ0v) is 14.1. The number of aliphatic hydroxyl groups is 1. The van der Waals surface area contributed by atoms with E-state index in [4.69, 9.17) is 43.9 Å². The maximum atomic E-state index is 12.4. The second-order valence-electron chi connectivity index (χ2n) is 4.83. The Hall–Kier alpha value is 0.980. The first-order valence-corrected chi connectivity index (χ1v) is 8.37. The zero-order chi connectivity index (χ0) is 14.6. The molecule has 0 saturated carbocycles. The van der Waals surface area contributed by atoms with E-state index in [0.29, 0.717) is 0 Å². The maximum Gasteiger partial charge on any atom is 0.363 e. The lowest BCUT2D eigenvalue weighted by Crippen LogP contribution is -2.28. The van der Waals surface area contributed by atoms with Crippen LogP contribution in [0.4, 0.5) is 0 Å². The number of aliphatic hydroxyl groups excluding tert-OH is 1. The van der Waals surface area contributed by atoms with Crippen molar-refractivity contribution in [1.29, 1.82) is 0 Å². The van der Waals surface area contributed by atoms with Crippen molar-refractivity contribution in [2.45, 2.75) is 37.3 Å². The highest BCUT2D eigenvalue weighted by Crippen LogP contribution is 2.59. The van der Waals surface area contributed by atoms with Crippen LogP contribution in [0.2, 0.25) is 0 Å². The van der Waals surface area contributed by atoms with Gasteiger partial charge in [0.05, 0.1) is 13.2 Å². The third-order valence-electron chi connectivity index (χ3n) is 1.77. The summed E-state index contributed by atoms with van der Waals surface area (Å²) in [6.07, 6.45) is 0. The molecule has 0 aromatic rings. The van der Waals surface area contributed by atoms with Crippen molar-refractivity contribution in [1.82, 2.24) is 0 Å². The molecule has 0 amide bonds. The minimum absolute atomic E-state index is 0.114. The molecule has 0 rings (SSSR count). The topological polar surface area (TPSA) is 55.8 Å². The van der Waals surface area contributed by atoms with Gasteiger partial charge in [-0.05, 0) is 11.8 Å². The second-order valence-corrected chi connectivity index (χ2v) is 9.29. The molecule has 0 aromatic carbocycles. The predicted molar refractivity (Wildman–Crippen MR) is 75.5 cm³/mol. The van der Waals surface area contributed by atoms with Crippen LogP contribution in [0.25, 0.3) is 0 Å². The number of rotatable bonds is 7. The van der Waals surface area contributed by atoms with E-state index >= 15 is 0 Å². The normalized spacial score (nSPS) is 15.4. The van der Waals surface area contributed by atoms with Crippen molar-refractivity contribution < 1.29 is 18.7 Å². The summed E-state index contributed by atoms with van der Waals surface area (Å²) < 4.78 is 20.6. The summed E-state index contributed by atoms with van der Waals surface area (Å²) in [6, 6.07) is 0. The molecule has 0 aliphatic heterocycles. The summed E-state index contributed by atoms with van der Waals surface area (Å²) in [5.74, 6) is -1.58. The van der Waals surface area contributed by atoms with Crippen LogP contribution in [0.5, 0.6) is 0 Å². The Morgan fingerprint density at radius 1 is 1.06 bits per heavy atom. The second kappa shape index (κ2) is 7.68. The van der Waals surface area contributed by atoms with Crippen LogP contribution in [0.3, 0.4) is 0 Å². The molecule has 0 radical (unpaired) electrons. The third kappa shape index (κ3) is 6.95. The van der Waals surface area contributed by atoms with Crippen LogP contribution >= 0.6 is 42.4 Å². The van der Waals surface area contributed by atoms with E-state index in [9.17, 15) is 9.67 Å². The molecule has 0 heterocycles. The molecule has 18 heavy (non-hydrogen) atoms. The van der Waals surface area contributed by atoms with Gasteiger partial charge in [-0.3, -0.25) is 4.57 Å². The molecule has 0 saturated heterocycles. The molecular formula is C10H20Cl3O4P. The van der Waals surface area contributed by atoms with Crippen LogP contribution in [0.1, 0.15) is 27.7 Å². The summed E-state index contributed by atoms with van der Waals surface area (Å²) >= 11 is 16.6. The molecule has 0 aliphatic rings. The van der Waals surface area contributed by atoms with Gasteiger partial charge >= 0.3 is 7.60 Å². The monoisotopic (exact) mass is 340 g/mol. The molecule has 0 aliphatic carbocycles. The predicted octanol–water partition coefficient (Wildman–Crippen LogP) is 4.21. The van der Waals surface area contributed by atoms with Crippen LogP contribution in [0, 0.1) is 11.8 Å². The quantitative estimate of drug-likeness (QED) is 0.556. The van der Waals surface area contributed by atoms with E-state index in [1.165, 1.54) is 0 Å². The summed E-state index contributed by atoms with van der Waals surface area (Å²) in [7, 11) is -3.88. The van der Waals surface area contributed by atoms with E-state index in [1.54, 1.807) is 0 Å². The van der Waals surface area contributed by atoms with Gasteiger partial charge in [-0.25, -0.2) is 0 Å². The summed E-state index contributed by atoms with van der Waals surface area (Å²) in [5, 5.41) is 9.82. The lowest BCUT2D eigenvalue weighted by molar-refractivity contribution is 0.125. The largest absolute Gasteiger partial charge is 0.377 e. The van der Waals surface area contributed by atoms with E-state index < -0.39 is 17.2 Å². The van der Waals surface area contributed by atoms with Crippen LogP contribution in [0.15, 0.2) is 0 Å². The van der Waals surface area contributed by atoms with Crippen molar-refractivity contribution in [2.75, 3.05) is 13.2 Å². The van der Waals surface area contributed by atoms with Crippen molar-refractivity contribution in [2.24, 2.45) is 11.8 Å². The Morgan fingerprint density at radius 3 is 1.61 bits per heavy atom. The molecule has 0 fully saturated rings. The standard InChI is InChI=1S/C10H20Cl3O4P/c1-7(2)5-16-18(15,17-6-8(3)4)9(14)10(11,12)13/h7-9,14H,5-6H2,1-4H3. The first-order chi connectivity index (χ1) is 7.99. The van der Waals surface area contributed by atoms with Gasteiger partial charge < -0.3 is 14.2 Å². The molecular weight excluding hydrogens is 321 g/mol. The minimum atomic E-state index is -3.88. The van der Waals surface area contributed by atoms with E-state index in [1.807, 2.05) is 27.7 Å². The lowest BCUT2D eigenvalue weighted by Gasteiger charge is -2.28. The van der Waals surface area contributed by atoms with E-state index in [2.05, 4.69) is 0 Å². The number of halogens is 3. The number of hydrogen-bond acceptors (Lipinski definition) is 4. The highest BCUT2D eigenvalue weighted by atomic mass is 35.6. The Morgan fingerprint density at radius 2 is 1.39 bits per heavy atom. The third-order valence-corrected chi connectivity index (χ3v) is 4.85. The fourth-order valence-corrected chi connectivity index (χ4v) is 3.67. The fraction of sp³-hybridized carbons (Fsp3) is 1.00. The SMILES string of the molecule is CC(C)COP(=O)(OCC(C)C)C(O)C(Cl)(Cl)Cl. The Balaban J connectivity index is 4.85. The van der Waals surface area contributed by atoms with Gasteiger partial charge in [-0.1, -0.05) is 62.5 Å². The molecule has 1 atom stereocenters. The lowest BCUT2D eigenvalue weighted by atomic mass is 10.2. The maximum absolute atomic E-state index is 12.4. The molecule has 110 valence electrons. The van der Waals surface area contributed by atoms with Crippen LogP contribution in [-0.2, 0) is 13.6 Å². The number of hydrogen-bond donors (Lipinski definition) is 1. The van der Waals surface area contributed by atoms with Crippen LogP contribution < -0.4 is 0 Å². The van der Waals surface area contributed by atoms with Gasteiger partial charge in [0.25, 0.3) is 0 Å². The molecule has 1 unspecified atom stereocenters. The van der Waals surface area contributed by atoms with Gasteiger partial charge in [0, 0.05) is 0 Å². The molecule has 0 spiro atoms. The van der Waals surface area contributed by atoms with E-state index in [0.717, 1.165) is 0 Å². The van der Waals surface area contributed by atoms with Gasteiger partial charge in [0.15, 0.2) is 0 Å². The molecule has 8 heteroatoms. The Kier molecular flexibility index (Phi) is 8.10. The zero-order valence-electron chi connectivity index (χ0n) is 10.9. The highest BCUT2D eigenvalue weighted by molar-refractivity contribution is 7.55. The summed E-state index contributed by atoms with van der Waals surface area (Å²) in [6.45, 7) is 7.77. The minimum Gasteiger partial charge on any atom is -0.377 e. The summed E-state index contributed by atoms with van der Waals surface area (Å²) in [5.41, 5.74) is 0. The van der Waals surface area contributed by atoms with Crippen molar-refractivity contribution in [3.63, 3.8) is 0 Å². The van der Waals surface area contributed by atoms with E-state index in [-0.39, 0.29) is 25.0 Å². The molecule has 0 aromatic heterocycles. The smallest absolute Gasteiger partial charge is 0.363 e. The van der Waals surface area contributed by atoms with Crippen LogP contribution in [-0.4, -0.2) is 28.0 Å². The molecule has 0 bridgehead atoms. The highest BCUT2D eigenvalue weighted by Gasteiger charge is 2.48. The fourth-order valence-electron chi connectivity index (χ4n) is 0.864. The van der Waals surface area contributed by atoms with Gasteiger partial charge in [0.2, 0.25) is 9.64 Å².